The normalized spacial score (nSPS) is 11.2. The number of carbonyl (C=O) groups excluding carboxylic acids is 1. The van der Waals surface area contributed by atoms with Crippen molar-refractivity contribution >= 4 is 11.9 Å². The van der Waals surface area contributed by atoms with Crippen LogP contribution in [0.1, 0.15) is 110 Å². The molecule has 0 saturated carbocycles. The summed E-state index contributed by atoms with van der Waals surface area (Å²) in [5.74, 6) is -1.48. The second-order valence-corrected chi connectivity index (χ2v) is 9.99. The summed E-state index contributed by atoms with van der Waals surface area (Å²) < 4.78 is 26.6. The summed E-state index contributed by atoms with van der Waals surface area (Å²) in [6.07, 6.45) is 22.0. The number of unbranched alkanes of at least 4 members (excludes halogenated alkanes) is 15. The summed E-state index contributed by atoms with van der Waals surface area (Å²) in [6, 6.07) is 0. The third-order valence-corrected chi connectivity index (χ3v) is 6.29. The fourth-order valence-corrected chi connectivity index (χ4v) is 4.06. The number of amides is 1. The van der Waals surface area contributed by atoms with Crippen LogP contribution in [0.3, 0.4) is 0 Å². The van der Waals surface area contributed by atoms with Crippen molar-refractivity contribution in [3.8, 4) is 0 Å². The van der Waals surface area contributed by atoms with Crippen molar-refractivity contribution in [3.63, 3.8) is 0 Å². The molecule has 0 spiro atoms. The Morgan fingerprint density at radius 1 is 0.487 bits per heavy atom. The highest BCUT2D eigenvalue weighted by Crippen LogP contribution is 2.13. The maximum atomic E-state index is 11.3. The molecule has 0 aromatic carbocycles. The lowest BCUT2D eigenvalue weighted by Crippen LogP contribution is -2.31. The molecular formula is C30H59NO8. The number of carboxylic acids is 1. The SMILES string of the molecule is CCCCCCCCCCCCCCCCCCOCCOCCOCCOCCNC(=O)COCC(=O)O. The predicted octanol–water partition coefficient (Wildman–Crippen LogP) is 5.53. The Labute approximate surface area is 238 Å². The van der Waals surface area contributed by atoms with E-state index in [1.165, 1.54) is 96.3 Å². The second kappa shape index (κ2) is 32.9. The number of hydrogen-bond donors (Lipinski definition) is 2. The van der Waals surface area contributed by atoms with E-state index in [1.54, 1.807) is 0 Å². The summed E-state index contributed by atoms with van der Waals surface area (Å²) in [7, 11) is 0. The molecule has 0 aromatic rings. The molecule has 9 nitrogen and oxygen atoms in total. The molecule has 0 bridgehead atoms. The summed E-state index contributed by atoms with van der Waals surface area (Å²) in [4.78, 5) is 21.6. The highest BCUT2D eigenvalue weighted by Gasteiger charge is 2.03. The zero-order valence-corrected chi connectivity index (χ0v) is 24.9. The van der Waals surface area contributed by atoms with E-state index in [4.69, 9.17) is 24.1 Å². The molecular weight excluding hydrogens is 502 g/mol. The monoisotopic (exact) mass is 561 g/mol. The molecule has 0 rings (SSSR count). The van der Waals surface area contributed by atoms with E-state index in [1.807, 2.05) is 0 Å². The van der Waals surface area contributed by atoms with Gasteiger partial charge in [-0.25, -0.2) is 4.79 Å². The van der Waals surface area contributed by atoms with Gasteiger partial charge in [-0.1, -0.05) is 103 Å². The van der Waals surface area contributed by atoms with E-state index in [2.05, 4.69) is 17.0 Å². The Morgan fingerprint density at radius 3 is 1.31 bits per heavy atom. The van der Waals surface area contributed by atoms with Gasteiger partial charge in [0.25, 0.3) is 0 Å². The average Bonchev–Trinajstić information content (AvgIpc) is 2.92. The first-order valence-corrected chi connectivity index (χ1v) is 15.5. The molecule has 0 aliphatic rings. The van der Waals surface area contributed by atoms with Crippen molar-refractivity contribution in [1.29, 1.82) is 0 Å². The van der Waals surface area contributed by atoms with Crippen LogP contribution in [0.15, 0.2) is 0 Å². The van der Waals surface area contributed by atoms with Crippen molar-refractivity contribution in [3.05, 3.63) is 0 Å². The van der Waals surface area contributed by atoms with Gasteiger partial charge < -0.3 is 34.1 Å². The van der Waals surface area contributed by atoms with Gasteiger partial charge in [0.2, 0.25) is 5.91 Å². The third-order valence-electron chi connectivity index (χ3n) is 6.29. The number of ether oxygens (including phenoxy) is 5. The minimum absolute atomic E-state index is 0.278. The zero-order valence-electron chi connectivity index (χ0n) is 24.9. The molecule has 232 valence electrons. The van der Waals surface area contributed by atoms with Gasteiger partial charge in [0.05, 0.1) is 46.2 Å². The van der Waals surface area contributed by atoms with E-state index >= 15 is 0 Å². The van der Waals surface area contributed by atoms with Crippen molar-refractivity contribution in [2.75, 3.05) is 72.6 Å². The first-order chi connectivity index (χ1) is 19.2. The van der Waals surface area contributed by atoms with E-state index in [-0.39, 0.29) is 12.5 Å². The van der Waals surface area contributed by atoms with Gasteiger partial charge >= 0.3 is 5.97 Å². The molecule has 9 heteroatoms. The number of nitrogens with one attached hydrogen (secondary N) is 1. The van der Waals surface area contributed by atoms with Gasteiger partial charge in [-0.3, -0.25) is 4.79 Å². The van der Waals surface area contributed by atoms with E-state index in [9.17, 15) is 9.59 Å². The number of hydrogen-bond acceptors (Lipinski definition) is 7. The number of carbonyl (C=O) groups is 2. The molecule has 0 radical (unpaired) electrons. The molecule has 0 aliphatic carbocycles. The molecule has 2 N–H and O–H groups in total. The van der Waals surface area contributed by atoms with Gasteiger partial charge in [-0.15, -0.1) is 0 Å². The standard InChI is InChI=1S/C30H59NO8/c1-2-3-4-5-6-7-8-9-10-11-12-13-14-15-16-17-19-35-21-23-37-25-26-38-24-22-36-20-18-31-29(32)27-39-28-30(33)34/h2-28H2,1H3,(H,31,32)(H,33,34). The summed E-state index contributed by atoms with van der Waals surface area (Å²) in [5.41, 5.74) is 0. The average molecular weight is 562 g/mol. The van der Waals surface area contributed by atoms with Crippen LogP contribution in [0.25, 0.3) is 0 Å². The van der Waals surface area contributed by atoms with Crippen LogP contribution in [0, 0.1) is 0 Å². The number of carboxylic acid groups (broad SMARTS) is 1. The lowest BCUT2D eigenvalue weighted by atomic mass is 10.0. The maximum Gasteiger partial charge on any atom is 0.329 e. The molecule has 0 aliphatic heterocycles. The fraction of sp³-hybridized carbons (Fsp3) is 0.933. The van der Waals surface area contributed by atoms with E-state index in [0.29, 0.717) is 52.8 Å². The highest BCUT2D eigenvalue weighted by atomic mass is 16.6. The van der Waals surface area contributed by atoms with Crippen LogP contribution in [0.4, 0.5) is 0 Å². The molecule has 1 amide bonds. The summed E-state index contributed by atoms with van der Waals surface area (Å²) >= 11 is 0. The second-order valence-electron chi connectivity index (χ2n) is 9.99. The van der Waals surface area contributed by atoms with Crippen molar-refractivity contribution in [2.24, 2.45) is 0 Å². The quantitative estimate of drug-likeness (QED) is 0.101. The topological polar surface area (TPSA) is 113 Å². The van der Waals surface area contributed by atoms with Gasteiger partial charge in [0.15, 0.2) is 0 Å². The summed E-state index contributed by atoms with van der Waals surface area (Å²) in [6.45, 7) is 6.10. The van der Waals surface area contributed by atoms with Crippen LogP contribution in [-0.4, -0.2) is 89.6 Å². The van der Waals surface area contributed by atoms with Gasteiger partial charge in [-0.2, -0.15) is 0 Å². The first-order valence-electron chi connectivity index (χ1n) is 15.5. The molecule has 39 heavy (non-hydrogen) atoms. The van der Waals surface area contributed by atoms with Crippen molar-refractivity contribution in [1.82, 2.24) is 5.32 Å². The Balaban J connectivity index is 3.08. The molecule has 0 heterocycles. The fourth-order valence-electron chi connectivity index (χ4n) is 4.06. The largest absolute Gasteiger partial charge is 0.480 e. The Hall–Kier alpha value is -1.26. The van der Waals surface area contributed by atoms with Crippen LogP contribution in [0.5, 0.6) is 0 Å². The third kappa shape index (κ3) is 34.7. The lowest BCUT2D eigenvalue weighted by molar-refractivity contribution is -0.143. The van der Waals surface area contributed by atoms with Gasteiger partial charge in [-0.05, 0) is 6.42 Å². The number of rotatable bonds is 33. The van der Waals surface area contributed by atoms with Crippen LogP contribution < -0.4 is 5.32 Å². The Bertz CT molecular complexity index is 521. The molecule has 0 unspecified atom stereocenters. The van der Waals surface area contributed by atoms with Crippen molar-refractivity contribution < 1.29 is 38.4 Å². The Morgan fingerprint density at radius 2 is 0.872 bits per heavy atom. The molecule has 0 atom stereocenters. The molecule has 0 aromatic heterocycles. The zero-order chi connectivity index (χ0) is 28.5. The minimum Gasteiger partial charge on any atom is -0.480 e. The Kier molecular flexibility index (Phi) is 31.9. The highest BCUT2D eigenvalue weighted by molar-refractivity contribution is 5.77. The van der Waals surface area contributed by atoms with Crippen LogP contribution >= 0.6 is 0 Å². The van der Waals surface area contributed by atoms with Gasteiger partial charge in [0.1, 0.15) is 13.2 Å². The van der Waals surface area contributed by atoms with Crippen LogP contribution in [-0.2, 0) is 33.3 Å². The lowest BCUT2D eigenvalue weighted by Gasteiger charge is -2.08. The summed E-state index contributed by atoms with van der Waals surface area (Å²) in [5, 5.41) is 11.0. The molecule has 0 saturated heterocycles. The van der Waals surface area contributed by atoms with Crippen LogP contribution in [0.2, 0.25) is 0 Å². The van der Waals surface area contributed by atoms with E-state index < -0.39 is 12.6 Å². The smallest absolute Gasteiger partial charge is 0.329 e. The molecule has 0 fully saturated rings. The predicted molar refractivity (Wildman–Crippen MR) is 154 cm³/mol. The number of aliphatic carboxylic acids is 1. The minimum atomic E-state index is -1.11. The van der Waals surface area contributed by atoms with E-state index in [0.717, 1.165) is 13.0 Å². The maximum absolute atomic E-state index is 11.3. The first kappa shape index (κ1) is 37.7. The van der Waals surface area contributed by atoms with Gasteiger partial charge in [0, 0.05) is 13.2 Å². The van der Waals surface area contributed by atoms with Crippen molar-refractivity contribution in [2.45, 2.75) is 110 Å².